The van der Waals surface area contributed by atoms with Crippen LogP contribution in [0.4, 0.5) is 5.13 Å². The van der Waals surface area contributed by atoms with Gasteiger partial charge in [0.25, 0.3) is 0 Å². The number of nitrogens with zero attached hydrogens (tertiary/aromatic N) is 3. The molecule has 30 heavy (non-hydrogen) atoms. The van der Waals surface area contributed by atoms with Crippen LogP contribution in [0.1, 0.15) is 18.2 Å². The Balaban J connectivity index is 1.64. The maximum atomic E-state index is 12.3. The number of hydrazone groups is 1. The van der Waals surface area contributed by atoms with Crippen LogP contribution in [0.5, 0.6) is 17.2 Å². The summed E-state index contributed by atoms with van der Waals surface area (Å²) in [6.45, 7) is 4.82. The highest BCUT2D eigenvalue weighted by molar-refractivity contribution is 7.13. The van der Waals surface area contributed by atoms with Crippen molar-refractivity contribution in [2.24, 2.45) is 5.10 Å². The average molecular weight is 435 g/mol. The second-order valence-electron chi connectivity index (χ2n) is 6.54. The molecule has 1 fully saturated rings. The largest absolute Gasteiger partial charge is 0.493 e. The molecule has 1 aromatic carbocycles. The molecule has 0 bridgehead atoms. The standard InChI is InChI=1S/C20H26N4O5S/c1-13(14-9-16(26-2)19(28-4)17(10-14)27-3)22-23-18(25)11-15-12-30-20(21-15)24-5-7-29-8-6-24/h9-10,12H,5-8,11H2,1-4H3,(H,23,25). The predicted octanol–water partition coefficient (Wildman–Crippen LogP) is 2.09. The van der Waals surface area contributed by atoms with E-state index in [1.54, 1.807) is 40.4 Å². The summed E-state index contributed by atoms with van der Waals surface area (Å²) in [6, 6.07) is 3.56. The first-order valence-electron chi connectivity index (χ1n) is 9.46. The number of anilines is 1. The molecule has 1 aromatic heterocycles. The molecular weight excluding hydrogens is 408 g/mol. The lowest BCUT2D eigenvalue weighted by molar-refractivity contribution is -0.120. The lowest BCUT2D eigenvalue weighted by Gasteiger charge is -2.26. The number of hydrogen-bond acceptors (Lipinski definition) is 9. The van der Waals surface area contributed by atoms with Crippen LogP contribution in [-0.2, 0) is 16.0 Å². The first kappa shape index (κ1) is 21.8. The first-order valence-corrected chi connectivity index (χ1v) is 10.3. The molecule has 1 aliphatic heterocycles. The number of thiazole rings is 1. The van der Waals surface area contributed by atoms with Crippen molar-refractivity contribution < 1.29 is 23.7 Å². The lowest BCUT2D eigenvalue weighted by atomic mass is 10.1. The van der Waals surface area contributed by atoms with Gasteiger partial charge in [0.2, 0.25) is 11.7 Å². The quantitative estimate of drug-likeness (QED) is 0.502. The zero-order chi connectivity index (χ0) is 21.5. The molecule has 2 aromatic rings. The summed E-state index contributed by atoms with van der Waals surface area (Å²) in [4.78, 5) is 19.0. The number of rotatable bonds is 8. The second-order valence-corrected chi connectivity index (χ2v) is 7.38. The number of benzene rings is 1. The summed E-state index contributed by atoms with van der Waals surface area (Å²) in [5.74, 6) is 1.30. The number of hydrogen-bond donors (Lipinski definition) is 1. The van der Waals surface area contributed by atoms with Crippen molar-refractivity contribution in [1.29, 1.82) is 0 Å². The monoisotopic (exact) mass is 434 g/mol. The van der Waals surface area contributed by atoms with Crippen LogP contribution >= 0.6 is 11.3 Å². The van der Waals surface area contributed by atoms with Gasteiger partial charge in [0.1, 0.15) is 0 Å². The zero-order valence-electron chi connectivity index (χ0n) is 17.6. The Morgan fingerprint density at radius 2 is 1.87 bits per heavy atom. The van der Waals surface area contributed by atoms with E-state index in [0.29, 0.717) is 36.2 Å². The molecule has 2 heterocycles. The zero-order valence-corrected chi connectivity index (χ0v) is 18.4. The summed E-state index contributed by atoms with van der Waals surface area (Å²) >= 11 is 1.53. The van der Waals surface area contributed by atoms with Crippen LogP contribution in [0.15, 0.2) is 22.6 Å². The normalized spacial score (nSPS) is 14.4. The molecule has 10 heteroatoms. The molecule has 0 aliphatic carbocycles. The van der Waals surface area contributed by atoms with Gasteiger partial charge in [-0.1, -0.05) is 0 Å². The van der Waals surface area contributed by atoms with Gasteiger partial charge in [-0.05, 0) is 19.1 Å². The third-order valence-corrected chi connectivity index (χ3v) is 5.54. The molecule has 1 saturated heterocycles. The third kappa shape index (κ3) is 5.19. The Morgan fingerprint density at radius 1 is 1.20 bits per heavy atom. The Kier molecular flexibility index (Phi) is 7.47. The van der Waals surface area contributed by atoms with Crippen LogP contribution in [0.3, 0.4) is 0 Å². The smallest absolute Gasteiger partial charge is 0.246 e. The molecule has 0 radical (unpaired) electrons. The molecule has 1 N–H and O–H groups in total. The minimum Gasteiger partial charge on any atom is -0.493 e. The topological polar surface area (TPSA) is 94.5 Å². The summed E-state index contributed by atoms with van der Waals surface area (Å²) < 4.78 is 21.4. The number of morpholine rings is 1. The Labute approximate surface area is 179 Å². The second kappa shape index (κ2) is 10.3. The van der Waals surface area contributed by atoms with E-state index in [0.717, 1.165) is 29.5 Å². The summed E-state index contributed by atoms with van der Waals surface area (Å²) in [7, 11) is 4.65. The molecule has 162 valence electrons. The molecular formula is C20H26N4O5S. The minimum absolute atomic E-state index is 0.160. The van der Waals surface area contributed by atoms with E-state index in [1.807, 2.05) is 5.38 Å². The Bertz CT molecular complexity index is 883. The maximum absolute atomic E-state index is 12.3. The molecule has 0 atom stereocenters. The number of methoxy groups -OCH3 is 3. The Morgan fingerprint density at radius 3 is 2.47 bits per heavy atom. The maximum Gasteiger partial charge on any atom is 0.246 e. The SMILES string of the molecule is COc1cc(C(C)=NNC(=O)Cc2csc(N3CCOCC3)n2)cc(OC)c1OC. The van der Waals surface area contributed by atoms with Gasteiger partial charge in [0.15, 0.2) is 16.6 Å². The molecule has 3 rings (SSSR count). The highest BCUT2D eigenvalue weighted by atomic mass is 32.1. The van der Waals surface area contributed by atoms with Crippen molar-refractivity contribution in [2.75, 3.05) is 52.5 Å². The van der Waals surface area contributed by atoms with E-state index in [1.165, 1.54) is 11.3 Å². The number of nitrogens with one attached hydrogen (secondary N) is 1. The number of carbonyl (C=O) groups excluding carboxylic acids is 1. The third-order valence-electron chi connectivity index (χ3n) is 4.59. The van der Waals surface area contributed by atoms with Crippen LogP contribution in [0.2, 0.25) is 0 Å². The van der Waals surface area contributed by atoms with Crippen LogP contribution in [-0.4, -0.2) is 64.2 Å². The van der Waals surface area contributed by atoms with Gasteiger partial charge >= 0.3 is 0 Å². The van der Waals surface area contributed by atoms with E-state index < -0.39 is 0 Å². The Hall–Kier alpha value is -2.85. The van der Waals surface area contributed by atoms with Crippen LogP contribution < -0.4 is 24.5 Å². The van der Waals surface area contributed by atoms with Crippen molar-refractivity contribution >= 4 is 28.1 Å². The van der Waals surface area contributed by atoms with Gasteiger partial charge in [-0.15, -0.1) is 11.3 Å². The van der Waals surface area contributed by atoms with E-state index in [-0.39, 0.29) is 12.3 Å². The fraction of sp³-hybridized carbons (Fsp3) is 0.450. The predicted molar refractivity (Wildman–Crippen MR) is 115 cm³/mol. The van der Waals surface area contributed by atoms with Gasteiger partial charge in [-0.3, -0.25) is 4.79 Å². The van der Waals surface area contributed by atoms with Gasteiger partial charge in [-0.25, -0.2) is 10.4 Å². The minimum atomic E-state index is -0.236. The van der Waals surface area contributed by atoms with Gasteiger partial charge in [0.05, 0.1) is 52.4 Å². The van der Waals surface area contributed by atoms with Gasteiger partial charge in [-0.2, -0.15) is 5.10 Å². The summed E-state index contributed by atoms with van der Waals surface area (Å²) in [6.07, 6.45) is 0.160. The van der Waals surface area contributed by atoms with Crippen molar-refractivity contribution in [2.45, 2.75) is 13.3 Å². The average Bonchev–Trinajstić information content (AvgIpc) is 3.25. The first-order chi connectivity index (χ1) is 14.5. The highest BCUT2D eigenvalue weighted by Gasteiger charge is 2.17. The van der Waals surface area contributed by atoms with Crippen LogP contribution in [0.25, 0.3) is 0 Å². The van der Waals surface area contributed by atoms with Gasteiger partial charge in [0, 0.05) is 24.0 Å². The van der Waals surface area contributed by atoms with E-state index in [4.69, 9.17) is 18.9 Å². The van der Waals surface area contributed by atoms with Crippen LogP contribution in [0, 0.1) is 0 Å². The number of aromatic nitrogens is 1. The molecule has 1 aliphatic rings. The fourth-order valence-corrected chi connectivity index (χ4v) is 3.86. The lowest BCUT2D eigenvalue weighted by Crippen LogP contribution is -2.36. The molecule has 0 saturated carbocycles. The van der Waals surface area contributed by atoms with Crippen molar-refractivity contribution in [3.8, 4) is 17.2 Å². The number of ether oxygens (including phenoxy) is 4. The number of amides is 1. The fourth-order valence-electron chi connectivity index (χ4n) is 2.98. The molecule has 0 spiro atoms. The van der Waals surface area contributed by atoms with Gasteiger partial charge < -0.3 is 23.8 Å². The van der Waals surface area contributed by atoms with Crippen molar-refractivity contribution in [3.05, 3.63) is 28.8 Å². The summed E-state index contributed by atoms with van der Waals surface area (Å²) in [5.41, 5.74) is 4.66. The van der Waals surface area contributed by atoms with Crippen molar-refractivity contribution in [3.63, 3.8) is 0 Å². The van der Waals surface area contributed by atoms with E-state index in [9.17, 15) is 4.79 Å². The van der Waals surface area contributed by atoms with E-state index >= 15 is 0 Å². The van der Waals surface area contributed by atoms with E-state index in [2.05, 4.69) is 20.4 Å². The van der Waals surface area contributed by atoms with Crippen molar-refractivity contribution in [1.82, 2.24) is 10.4 Å². The molecule has 1 amide bonds. The summed E-state index contributed by atoms with van der Waals surface area (Å²) in [5, 5.41) is 7.03. The number of carbonyl (C=O) groups is 1. The molecule has 0 unspecified atom stereocenters. The highest BCUT2D eigenvalue weighted by Crippen LogP contribution is 2.38. The molecule has 9 nitrogen and oxygen atoms in total.